The summed E-state index contributed by atoms with van der Waals surface area (Å²) in [5, 5.41) is 11.7. The summed E-state index contributed by atoms with van der Waals surface area (Å²) in [6, 6.07) is 11.8. The van der Waals surface area contributed by atoms with Crippen LogP contribution in [-0.4, -0.2) is 55.8 Å². The number of ether oxygens (including phenoxy) is 2. The van der Waals surface area contributed by atoms with Crippen molar-refractivity contribution in [1.29, 1.82) is 0 Å². The number of hydrogen-bond donors (Lipinski definition) is 1. The normalized spacial score (nSPS) is 20.6. The third-order valence-electron chi connectivity index (χ3n) is 5.48. The highest BCUT2D eigenvalue weighted by atomic mass is 16.5. The molecule has 0 aliphatic carbocycles. The highest BCUT2D eigenvalue weighted by molar-refractivity contribution is 5.89. The number of carboxylic acids is 1. The SMILES string of the molecule is COCC1(C(=O)O)CCN(C(=O)[C@@H](C)c2ccc3cc(OC)ccc3c2)C1. The highest BCUT2D eigenvalue weighted by Gasteiger charge is 2.47. The van der Waals surface area contributed by atoms with Crippen LogP contribution in [0.15, 0.2) is 36.4 Å². The van der Waals surface area contributed by atoms with E-state index in [1.54, 1.807) is 12.0 Å². The Kier molecular flexibility index (Phi) is 5.37. The first-order chi connectivity index (χ1) is 12.9. The van der Waals surface area contributed by atoms with Crippen LogP contribution < -0.4 is 4.74 Å². The van der Waals surface area contributed by atoms with Gasteiger partial charge in [-0.15, -0.1) is 0 Å². The molecule has 1 aliphatic heterocycles. The van der Waals surface area contributed by atoms with Gasteiger partial charge in [-0.1, -0.05) is 24.3 Å². The molecule has 0 radical (unpaired) electrons. The minimum Gasteiger partial charge on any atom is -0.497 e. The molecule has 1 fully saturated rings. The highest BCUT2D eigenvalue weighted by Crippen LogP contribution is 2.34. The third-order valence-corrected chi connectivity index (χ3v) is 5.48. The fraction of sp³-hybridized carbons (Fsp3) is 0.429. The number of nitrogens with zero attached hydrogens (tertiary/aromatic N) is 1. The van der Waals surface area contributed by atoms with Crippen LogP contribution in [-0.2, 0) is 14.3 Å². The number of hydrogen-bond acceptors (Lipinski definition) is 4. The molecular weight excluding hydrogens is 346 g/mol. The number of fused-ring (bicyclic) bond motifs is 1. The summed E-state index contributed by atoms with van der Waals surface area (Å²) >= 11 is 0. The molecule has 144 valence electrons. The summed E-state index contributed by atoms with van der Waals surface area (Å²) < 4.78 is 10.3. The van der Waals surface area contributed by atoms with E-state index in [1.807, 2.05) is 43.3 Å². The molecule has 0 spiro atoms. The second-order valence-corrected chi connectivity index (χ2v) is 7.22. The Bertz CT molecular complexity index is 865. The molecule has 0 bridgehead atoms. The van der Waals surface area contributed by atoms with Crippen molar-refractivity contribution in [2.75, 3.05) is 33.9 Å². The van der Waals surface area contributed by atoms with Crippen LogP contribution in [0, 0.1) is 5.41 Å². The van der Waals surface area contributed by atoms with Crippen molar-refractivity contribution in [1.82, 2.24) is 4.90 Å². The number of carbonyl (C=O) groups excluding carboxylic acids is 1. The van der Waals surface area contributed by atoms with E-state index in [2.05, 4.69) is 0 Å². The van der Waals surface area contributed by atoms with Crippen LogP contribution in [0.3, 0.4) is 0 Å². The van der Waals surface area contributed by atoms with Crippen LogP contribution in [0.5, 0.6) is 5.75 Å². The van der Waals surface area contributed by atoms with Crippen LogP contribution >= 0.6 is 0 Å². The molecule has 1 heterocycles. The summed E-state index contributed by atoms with van der Waals surface area (Å²) in [6.45, 7) is 2.59. The zero-order valence-corrected chi connectivity index (χ0v) is 15.9. The van der Waals surface area contributed by atoms with Crippen LogP contribution in [0.4, 0.5) is 0 Å². The van der Waals surface area contributed by atoms with Gasteiger partial charge >= 0.3 is 5.97 Å². The Morgan fingerprint density at radius 3 is 2.56 bits per heavy atom. The lowest BCUT2D eigenvalue weighted by molar-refractivity contribution is -0.151. The first kappa shape index (κ1) is 19.2. The smallest absolute Gasteiger partial charge is 0.313 e. The van der Waals surface area contributed by atoms with Gasteiger partial charge in [0.2, 0.25) is 5.91 Å². The van der Waals surface area contributed by atoms with Gasteiger partial charge in [0.25, 0.3) is 0 Å². The Hall–Kier alpha value is -2.60. The predicted molar refractivity (Wildman–Crippen MR) is 102 cm³/mol. The van der Waals surface area contributed by atoms with Crippen molar-refractivity contribution in [2.45, 2.75) is 19.3 Å². The average molecular weight is 371 g/mol. The fourth-order valence-corrected chi connectivity index (χ4v) is 3.75. The molecule has 2 aromatic rings. The van der Waals surface area contributed by atoms with E-state index in [0.717, 1.165) is 22.1 Å². The maximum absolute atomic E-state index is 13.0. The second kappa shape index (κ2) is 7.56. The predicted octanol–water partition coefficient (Wildman–Crippen LogP) is 2.90. The molecule has 27 heavy (non-hydrogen) atoms. The van der Waals surface area contributed by atoms with Gasteiger partial charge in [0.1, 0.15) is 11.2 Å². The van der Waals surface area contributed by atoms with Gasteiger partial charge in [0.05, 0.1) is 19.6 Å². The van der Waals surface area contributed by atoms with E-state index in [-0.39, 0.29) is 25.0 Å². The van der Waals surface area contributed by atoms with Crippen molar-refractivity contribution in [3.8, 4) is 5.75 Å². The molecular formula is C21H25NO5. The van der Waals surface area contributed by atoms with E-state index >= 15 is 0 Å². The Balaban J connectivity index is 1.79. The number of aliphatic carboxylic acids is 1. The molecule has 2 aromatic carbocycles. The maximum atomic E-state index is 13.0. The number of benzene rings is 2. The van der Waals surface area contributed by atoms with Crippen LogP contribution in [0.25, 0.3) is 10.8 Å². The Morgan fingerprint density at radius 2 is 1.89 bits per heavy atom. The fourth-order valence-electron chi connectivity index (χ4n) is 3.75. The maximum Gasteiger partial charge on any atom is 0.313 e. The lowest BCUT2D eigenvalue weighted by atomic mass is 9.88. The Labute approximate surface area is 158 Å². The molecule has 1 aliphatic rings. The molecule has 1 amide bonds. The zero-order chi connectivity index (χ0) is 19.6. The quantitative estimate of drug-likeness (QED) is 0.845. The molecule has 1 N–H and O–H groups in total. The number of methoxy groups -OCH3 is 2. The monoisotopic (exact) mass is 371 g/mol. The van der Waals surface area contributed by atoms with E-state index in [0.29, 0.717) is 13.0 Å². The van der Waals surface area contributed by atoms with Crippen LogP contribution in [0.2, 0.25) is 0 Å². The average Bonchev–Trinajstić information content (AvgIpc) is 3.12. The van der Waals surface area contributed by atoms with Crippen molar-refractivity contribution < 1.29 is 24.2 Å². The molecule has 0 saturated carbocycles. The summed E-state index contributed by atoms with van der Waals surface area (Å²) in [4.78, 5) is 26.3. The second-order valence-electron chi connectivity index (χ2n) is 7.22. The van der Waals surface area contributed by atoms with Gasteiger partial charge in [-0.25, -0.2) is 0 Å². The summed E-state index contributed by atoms with van der Waals surface area (Å²) in [6.07, 6.45) is 0.409. The Morgan fingerprint density at radius 1 is 1.19 bits per heavy atom. The molecule has 2 atom stereocenters. The number of carboxylic acid groups (broad SMARTS) is 1. The zero-order valence-electron chi connectivity index (χ0n) is 15.9. The minimum absolute atomic E-state index is 0.0536. The number of amides is 1. The molecule has 3 rings (SSSR count). The molecule has 0 aromatic heterocycles. The molecule has 6 nitrogen and oxygen atoms in total. The van der Waals surface area contributed by atoms with E-state index in [4.69, 9.17) is 9.47 Å². The lowest BCUT2D eigenvalue weighted by Crippen LogP contribution is -2.41. The molecule has 6 heteroatoms. The van der Waals surface area contributed by atoms with Gasteiger partial charge < -0.3 is 19.5 Å². The van der Waals surface area contributed by atoms with E-state index in [1.165, 1.54) is 7.11 Å². The van der Waals surface area contributed by atoms with Crippen LogP contribution in [0.1, 0.15) is 24.8 Å². The van der Waals surface area contributed by atoms with Gasteiger partial charge in [-0.3, -0.25) is 9.59 Å². The van der Waals surface area contributed by atoms with Gasteiger partial charge in [-0.2, -0.15) is 0 Å². The summed E-state index contributed by atoms with van der Waals surface area (Å²) in [5.74, 6) is -0.516. The third kappa shape index (κ3) is 3.62. The van der Waals surface area contributed by atoms with Crippen molar-refractivity contribution >= 4 is 22.6 Å². The van der Waals surface area contributed by atoms with E-state index in [9.17, 15) is 14.7 Å². The van der Waals surface area contributed by atoms with Gasteiger partial charge in [0, 0.05) is 20.2 Å². The van der Waals surface area contributed by atoms with Crippen molar-refractivity contribution in [3.05, 3.63) is 42.0 Å². The van der Waals surface area contributed by atoms with Crippen molar-refractivity contribution in [3.63, 3.8) is 0 Å². The van der Waals surface area contributed by atoms with Gasteiger partial charge in [-0.05, 0) is 41.8 Å². The molecule has 1 saturated heterocycles. The van der Waals surface area contributed by atoms with Gasteiger partial charge in [0.15, 0.2) is 0 Å². The summed E-state index contributed by atoms with van der Waals surface area (Å²) in [7, 11) is 3.12. The number of likely N-dealkylation sites (tertiary alicyclic amines) is 1. The van der Waals surface area contributed by atoms with E-state index < -0.39 is 11.4 Å². The number of carbonyl (C=O) groups is 2. The standard InChI is InChI=1S/C21H25NO5/c1-14(15-4-5-17-11-18(27-3)7-6-16(17)10-15)19(23)22-9-8-21(12-22,13-26-2)20(24)25/h4-7,10-11,14H,8-9,12-13H2,1-3H3,(H,24,25)/t14-,21?/m0/s1. The largest absolute Gasteiger partial charge is 0.497 e. The lowest BCUT2D eigenvalue weighted by Gasteiger charge is -2.25. The summed E-state index contributed by atoms with van der Waals surface area (Å²) in [5.41, 5.74) is -0.0957. The first-order valence-electron chi connectivity index (χ1n) is 8.99. The number of rotatable bonds is 6. The topological polar surface area (TPSA) is 76.1 Å². The minimum atomic E-state index is -1.01. The molecule has 1 unspecified atom stereocenters. The first-order valence-corrected chi connectivity index (χ1v) is 8.99. The van der Waals surface area contributed by atoms with Crippen molar-refractivity contribution in [2.24, 2.45) is 5.41 Å².